The van der Waals surface area contributed by atoms with Gasteiger partial charge in [-0.15, -0.1) is 0 Å². The molecule has 0 saturated carbocycles. The Hall–Kier alpha value is -0.930. The van der Waals surface area contributed by atoms with Gasteiger partial charge in [-0.05, 0) is 38.0 Å². The van der Waals surface area contributed by atoms with Crippen LogP contribution in [0.25, 0.3) is 0 Å². The molecular weight excluding hydrogens is 241 g/mol. The van der Waals surface area contributed by atoms with E-state index in [1.807, 2.05) is 13.8 Å². The number of nitrogens with two attached hydrogens (primary N) is 1. The fraction of sp³-hybridized carbons (Fsp3) is 0.462. The van der Waals surface area contributed by atoms with Crippen LogP contribution in [0.2, 0.25) is 5.02 Å². The Balaban J connectivity index is 2.54. The van der Waals surface area contributed by atoms with Gasteiger partial charge < -0.3 is 5.73 Å². The molecule has 0 amide bonds. The van der Waals surface area contributed by atoms with Gasteiger partial charge in [0.1, 0.15) is 11.6 Å². The maximum atomic E-state index is 12.9. The zero-order valence-electron chi connectivity index (χ0n) is 10.1. The molecular formula is C13H17ClFNO. The topological polar surface area (TPSA) is 43.1 Å². The Morgan fingerprint density at radius 1 is 1.47 bits per heavy atom. The summed E-state index contributed by atoms with van der Waals surface area (Å²) in [6, 6.07) is 4.34. The molecule has 2 N–H and O–H groups in total. The molecule has 0 saturated heterocycles. The lowest BCUT2D eigenvalue weighted by molar-refractivity contribution is -0.118. The van der Waals surface area contributed by atoms with E-state index in [4.69, 9.17) is 17.3 Å². The molecule has 17 heavy (non-hydrogen) atoms. The van der Waals surface area contributed by atoms with E-state index in [-0.39, 0.29) is 22.8 Å². The molecule has 0 fully saturated rings. The van der Waals surface area contributed by atoms with Gasteiger partial charge in [0.25, 0.3) is 0 Å². The molecule has 0 aliphatic carbocycles. The standard InChI is InChI=1S/C13H17ClFNO/c1-13(2,16)6-5-10(17)7-9-3-4-12(15)11(14)8-9/h3-4,8H,5-7,16H2,1-2H3. The first-order chi connectivity index (χ1) is 7.78. The molecule has 0 heterocycles. The van der Waals surface area contributed by atoms with Crippen LogP contribution in [-0.2, 0) is 11.2 Å². The summed E-state index contributed by atoms with van der Waals surface area (Å²) in [6.45, 7) is 3.77. The van der Waals surface area contributed by atoms with Gasteiger partial charge in [0.2, 0.25) is 0 Å². The van der Waals surface area contributed by atoms with E-state index in [2.05, 4.69) is 0 Å². The normalized spacial score (nSPS) is 11.6. The largest absolute Gasteiger partial charge is 0.326 e. The van der Waals surface area contributed by atoms with Crippen molar-refractivity contribution in [3.63, 3.8) is 0 Å². The second-order valence-electron chi connectivity index (χ2n) is 4.95. The van der Waals surface area contributed by atoms with Crippen LogP contribution in [0.5, 0.6) is 0 Å². The maximum Gasteiger partial charge on any atom is 0.141 e. The Labute approximate surface area is 106 Å². The molecule has 0 aliphatic rings. The summed E-state index contributed by atoms with van der Waals surface area (Å²) in [4.78, 5) is 11.7. The summed E-state index contributed by atoms with van der Waals surface area (Å²) in [5, 5.41) is 0.0504. The Morgan fingerprint density at radius 2 is 2.12 bits per heavy atom. The molecule has 2 nitrogen and oxygen atoms in total. The molecule has 4 heteroatoms. The number of halogens is 2. The third kappa shape index (κ3) is 5.29. The highest BCUT2D eigenvalue weighted by Crippen LogP contribution is 2.17. The summed E-state index contributed by atoms with van der Waals surface area (Å²) < 4.78 is 12.9. The minimum atomic E-state index is -0.467. The van der Waals surface area contributed by atoms with Crippen molar-refractivity contribution < 1.29 is 9.18 Å². The SMILES string of the molecule is CC(C)(N)CCC(=O)Cc1ccc(F)c(Cl)c1. The van der Waals surface area contributed by atoms with Gasteiger partial charge in [0.05, 0.1) is 5.02 Å². The lowest BCUT2D eigenvalue weighted by Crippen LogP contribution is -2.32. The Morgan fingerprint density at radius 3 is 2.65 bits per heavy atom. The Bertz CT molecular complexity index is 412. The number of carbonyl (C=O) groups is 1. The van der Waals surface area contributed by atoms with Crippen molar-refractivity contribution in [1.29, 1.82) is 0 Å². The molecule has 1 rings (SSSR count). The van der Waals surface area contributed by atoms with E-state index in [1.165, 1.54) is 12.1 Å². The molecule has 0 bridgehead atoms. The predicted octanol–water partition coefficient (Wildman–Crippen LogP) is 3.11. The summed E-state index contributed by atoms with van der Waals surface area (Å²) in [6.07, 6.45) is 1.34. The van der Waals surface area contributed by atoms with E-state index in [9.17, 15) is 9.18 Å². The summed E-state index contributed by atoms with van der Waals surface area (Å²) >= 11 is 5.64. The van der Waals surface area contributed by atoms with Crippen molar-refractivity contribution >= 4 is 17.4 Å². The molecule has 0 atom stereocenters. The third-order valence-corrected chi connectivity index (χ3v) is 2.72. The maximum absolute atomic E-state index is 12.9. The molecule has 0 aliphatic heterocycles. The van der Waals surface area contributed by atoms with Crippen molar-refractivity contribution in [3.05, 3.63) is 34.6 Å². The van der Waals surface area contributed by atoms with Gasteiger partial charge in [-0.2, -0.15) is 0 Å². The van der Waals surface area contributed by atoms with Gasteiger partial charge in [0.15, 0.2) is 0 Å². The van der Waals surface area contributed by atoms with Gasteiger partial charge >= 0.3 is 0 Å². The number of Topliss-reactive ketones (excluding diaryl/α,β-unsaturated/α-hetero) is 1. The Kier molecular flexibility index (Phi) is 4.66. The highest BCUT2D eigenvalue weighted by Gasteiger charge is 2.13. The van der Waals surface area contributed by atoms with Gasteiger partial charge in [-0.3, -0.25) is 4.79 Å². The summed E-state index contributed by atoms with van der Waals surface area (Å²) in [5.74, 6) is -0.378. The van der Waals surface area contributed by atoms with Crippen LogP contribution in [0.15, 0.2) is 18.2 Å². The highest BCUT2D eigenvalue weighted by atomic mass is 35.5. The van der Waals surface area contributed by atoms with Crippen LogP contribution in [0.1, 0.15) is 32.3 Å². The fourth-order valence-corrected chi connectivity index (χ4v) is 1.63. The van der Waals surface area contributed by atoms with Crippen LogP contribution < -0.4 is 5.73 Å². The second kappa shape index (κ2) is 5.61. The van der Waals surface area contributed by atoms with Crippen molar-refractivity contribution in [1.82, 2.24) is 0 Å². The van der Waals surface area contributed by atoms with Gasteiger partial charge in [-0.1, -0.05) is 17.7 Å². The van der Waals surface area contributed by atoms with Crippen LogP contribution in [0.3, 0.4) is 0 Å². The number of ketones is 1. The molecule has 1 aromatic rings. The predicted molar refractivity (Wildman–Crippen MR) is 67.6 cm³/mol. The highest BCUT2D eigenvalue weighted by molar-refractivity contribution is 6.30. The van der Waals surface area contributed by atoms with Crippen molar-refractivity contribution in [2.75, 3.05) is 0 Å². The first kappa shape index (κ1) is 14.1. The lowest BCUT2D eigenvalue weighted by atomic mass is 9.96. The first-order valence-electron chi connectivity index (χ1n) is 5.52. The fourth-order valence-electron chi connectivity index (χ4n) is 1.43. The molecule has 1 aromatic carbocycles. The third-order valence-electron chi connectivity index (χ3n) is 2.43. The zero-order chi connectivity index (χ0) is 13.1. The minimum absolute atomic E-state index is 0.0504. The van der Waals surface area contributed by atoms with E-state index in [1.54, 1.807) is 6.07 Å². The molecule has 0 unspecified atom stereocenters. The second-order valence-corrected chi connectivity index (χ2v) is 5.36. The number of rotatable bonds is 5. The lowest BCUT2D eigenvalue weighted by Gasteiger charge is -2.17. The van der Waals surface area contributed by atoms with E-state index in [0.717, 1.165) is 5.56 Å². The van der Waals surface area contributed by atoms with Gasteiger partial charge in [-0.25, -0.2) is 4.39 Å². The zero-order valence-corrected chi connectivity index (χ0v) is 10.9. The number of hydrogen-bond donors (Lipinski definition) is 1. The van der Waals surface area contributed by atoms with Crippen molar-refractivity contribution in [2.45, 2.75) is 38.6 Å². The van der Waals surface area contributed by atoms with E-state index in [0.29, 0.717) is 12.8 Å². The average molecular weight is 258 g/mol. The van der Waals surface area contributed by atoms with Crippen LogP contribution >= 0.6 is 11.6 Å². The van der Waals surface area contributed by atoms with Crippen molar-refractivity contribution in [2.24, 2.45) is 5.73 Å². The van der Waals surface area contributed by atoms with Crippen molar-refractivity contribution in [3.8, 4) is 0 Å². The molecule has 0 radical (unpaired) electrons. The quantitative estimate of drug-likeness (QED) is 0.881. The smallest absolute Gasteiger partial charge is 0.141 e. The van der Waals surface area contributed by atoms with Crippen LogP contribution in [-0.4, -0.2) is 11.3 Å². The van der Waals surface area contributed by atoms with Crippen LogP contribution in [0, 0.1) is 5.82 Å². The minimum Gasteiger partial charge on any atom is -0.326 e. The number of hydrogen-bond acceptors (Lipinski definition) is 2. The average Bonchev–Trinajstić information content (AvgIpc) is 2.20. The molecule has 0 aromatic heterocycles. The monoisotopic (exact) mass is 257 g/mol. The number of carbonyl (C=O) groups excluding carboxylic acids is 1. The van der Waals surface area contributed by atoms with Crippen LogP contribution in [0.4, 0.5) is 4.39 Å². The van der Waals surface area contributed by atoms with E-state index < -0.39 is 5.82 Å². The summed E-state index contributed by atoms with van der Waals surface area (Å²) in [7, 11) is 0. The molecule has 94 valence electrons. The van der Waals surface area contributed by atoms with E-state index >= 15 is 0 Å². The molecule has 0 spiro atoms. The number of benzene rings is 1. The summed E-state index contributed by atoms with van der Waals surface area (Å²) in [5.41, 5.74) is 6.19. The first-order valence-corrected chi connectivity index (χ1v) is 5.90. The van der Waals surface area contributed by atoms with Gasteiger partial charge in [0, 0.05) is 18.4 Å².